The first kappa shape index (κ1) is 23.4. The Morgan fingerprint density at radius 3 is 2.61 bits per heavy atom. The van der Waals surface area contributed by atoms with Gasteiger partial charge in [0.2, 0.25) is 0 Å². The number of hydrogen-bond acceptors (Lipinski definition) is 6. The zero-order chi connectivity index (χ0) is 23.2. The molecule has 2 aromatic heterocycles. The van der Waals surface area contributed by atoms with Crippen molar-refractivity contribution in [1.29, 1.82) is 0 Å². The van der Waals surface area contributed by atoms with Crippen LogP contribution in [0.1, 0.15) is 38.4 Å². The van der Waals surface area contributed by atoms with Gasteiger partial charge in [-0.1, -0.05) is 13.3 Å². The van der Waals surface area contributed by atoms with Gasteiger partial charge >= 0.3 is 0 Å². The number of aromatic nitrogens is 1. The van der Waals surface area contributed by atoms with Crippen LogP contribution in [-0.4, -0.2) is 56.0 Å². The van der Waals surface area contributed by atoms with E-state index in [2.05, 4.69) is 11.8 Å². The number of aryl methyl sites for hydroxylation is 1. The number of rotatable bonds is 11. The van der Waals surface area contributed by atoms with Crippen LogP contribution < -0.4 is 14.2 Å². The molecule has 0 aliphatic carbocycles. The van der Waals surface area contributed by atoms with E-state index in [1.165, 1.54) is 0 Å². The molecule has 1 aliphatic rings. The summed E-state index contributed by atoms with van der Waals surface area (Å²) in [6.07, 6.45) is 2.78. The largest absolute Gasteiger partial charge is 0.493 e. The summed E-state index contributed by atoms with van der Waals surface area (Å²) in [5, 5.41) is 0.869. The predicted molar refractivity (Wildman–Crippen MR) is 127 cm³/mol. The molecule has 1 saturated heterocycles. The smallest absolute Gasteiger partial charge is 0.163 e. The van der Waals surface area contributed by atoms with Gasteiger partial charge in [0.05, 0.1) is 25.8 Å². The third-order valence-electron chi connectivity index (χ3n) is 5.90. The highest BCUT2D eigenvalue weighted by Crippen LogP contribution is 2.38. The number of hydrogen-bond donors (Lipinski definition) is 0. The molecular weight excluding hydrogens is 423 g/mol. The summed E-state index contributed by atoms with van der Waals surface area (Å²) in [6.45, 7) is 7.37. The van der Waals surface area contributed by atoms with Gasteiger partial charge in [-0.3, -0.25) is 0 Å². The highest BCUT2D eigenvalue weighted by atomic mass is 19.1. The molecule has 1 atom stereocenters. The van der Waals surface area contributed by atoms with Crippen LogP contribution in [0.15, 0.2) is 34.7 Å². The Kier molecular flexibility index (Phi) is 7.70. The summed E-state index contributed by atoms with van der Waals surface area (Å²) in [6, 6.07) is 9.58. The fourth-order valence-electron chi connectivity index (χ4n) is 4.08. The molecular formula is C26H33FN2O4. The molecule has 1 aliphatic heterocycles. The first-order chi connectivity index (χ1) is 16.1. The molecule has 178 valence electrons. The van der Waals surface area contributed by atoms with Crippen LogP contribution in [0.25, 0.3) is 22.4 Å². The summed E-state index contributed by atoms with van der Waals surface area (Å²) >= 11 is 0. The normalized spacial score (nSPS) is 16.4. The molecule has 3 heterocycles. The lowest BCUT2D eigenvalue weighted by molar-refractivity contribution is 0.243. The summed E-state index contributed by atoms with van der Waals surface area (Å²) in [7, 11) is 1.63. The predicted octanol–water partition coefficient (Wildman–Crippen LogP) is 5.80. The third-order valence-corrected chi connectivity index (χ3v) is 5.90. The van der Waals surface area contributed by atoms with Crippen LogP contribution in [0.5, 0.6) is 17.2 Å². The van der Waals surface area contributed by atoms with Crippen molar-refractivity contribution in [3.05, 3.63) is 36.1 Å². The molecule has 0 amide bonds. The number of furan rings is 1. The van der Waals surface area contributed by atoms with E-state index in [9.17, 15) is 4.39 Å². The van der Waals surface area contributed by atoms with E-state index in [-0.39, 0.29) is 0 Å². The van der Waals surface area contributed by atoms with Crippen LogP contribution in [0.2, 0.25) is 0 Å². The molecule has 1 aromatic carbocycles. The van der Waals surface area contributed by atoms with E-state index >= 15 is 0 Å². The van der Waals surface area contributed by atoms with E-state index in [0.717, 1.165) is 54.8 Å². The van der Waals surface area contributed by atoms with E-state index in [1.54, 1.807) is 7.11 Å². The van der Waals surface area contributed by atoms with Gasteiger partial charge in [-0.15, -0.1) is 0 Å². The number of nitrogens with zero attached hydrogens (tertiary/aromatic N) is 2. The molecule has 0 spiro atoms. The lowest BCUT2D eigenvalue weighted by Crippen LogP contribution is -2.23. The average Bonchev–Trinajstić information content (AvgIpc) is 3.44. The second-order valence-corrected chi connectivity index (χ2v) is 8.53. The highest BCUT2D eigenvalue weighted by Gasteiger charge is 2.21. The Morgan fingerprint density at radius 1 is 1.09 bits per heavy atom. The zero-order valence-electron chi connectivity index (χ0n) is 19.7. The summed E-state index contributed by atoms with van der Waals surface area (Å²) in [5.41, 5.74) is 1.47. The van der Waals surface area contributed by atoms with Crippen LogP contribution in [0.3, 0.4) is 0 Å². The summed E-state index contributed by atoms with van der Waals surface area (Å²) in [5.74, 6) is 3.55. The number of fused-ring (bicyclic) bond motifs is 1. The van der Waals surface area contributed by atoms with Crippen LogP contribution in [-0.2, 0) is 0 Å². The van der Waals surface area contributed by atoms with Crippen LogP contribution >= 0.6 is 0 Å². The summed E-state index contributed by atoms with van der Waals surface area (Å²) < 4.78 is 37.0. The van der Waals surface area contributed by atoms with E-state index in [1.807, 2.05) is 37.3 Å². The minimum atomic E-state index is -0.696. The Balaban J connectivity index is 1.58. The quantitative estimate of drug-likeness (QED) is 0.340. The van der Waals surface area contributed by atoms with Crippen molar-refractivity contribution in [2.75, 3.05) is 40.0 Å². The Labute approximate surface area is 194 Å². The number of pyridine rings is 1. The molecule has 7 heteroatoms. The molecule has 0 N–H and O–H groups in total. The zero-order valence-corrected chi connectivity index (χ0v) is 19.7. The molecule has 6 nitrogen and oxygen atoms in total. The number of unbranched alkanes of at least 4 members (excludes halogenated alkanes) is 1. The van der Waals surface area contributed by atoms with E-state index < -0.39 is 6.17 Å². The minimum Gasteiger partial charge on any atom is -0.493 e. The highest BCUT2D eigenvalue weighted by molar-refractivity contribution is 5.90. The van der Waals surface area contributed by atoms with Gasteiger partial charge in [0.15, 0.2) is 17.3 Å². The number of halogens is 1. The maximum atomic E-state index is 13.4. The van der Waals surface area contributed by atoms with E-state index in [0.29, 0.717) is 49.1 Å². The van der Waals surface area contributed by atoms with Crippen molar-refractivity contribution < 1.29 is 23.0 Å². The van der Waals surface area contributed by atoms with Gasteiger partial charge in [0.25, 0.3) is 0 Å². The van der Waals surface area contributed by atoms with Gasteiger partial charge in [0, 0.05) is 37.2 Å². The van der Waals surface area contributed by atoms with E-state index in [4.69, 9.17) is 23.6 Å². The van der Waals surface area contributed by atoms with Gasteiger partial charge < -0.3 is 23.5 Å². The number of likely N-dealkylation sites (tertiary alicyclic amines) is 1. The molecule has 33 heavy (non-hydrogen) atoms. The third kappa shape index (κ3) is 5.77. The SMILES string of the molecule is CCCCOc1cc(-c2ccc(C)o2)nc2cc(OCCCN3CCC(F)C3)c(OC)cc12. The van der Waals surface area contributed by atoms with Crippen molar-refractivity contribution in [2.24, 2.45) is 0 Å². The number of alkyl halides is 1. The van der Waals surface area contributed by atoms with Crippen LogP contribution in [0, 0.1) is 6.92 Å². The Bertz CT molecular complexity index is 1070. The molecule has 4 rings (SSSR count). The monoisotopic (exact) mass is 456 g/mol. The van der Waals surface area contributed by atoms with Crippen molar-refractivity contribution >= 4 is 10.9 Å². The van der Waals surface area contributed by atoms with Crippen molar-refractivity contribution in [3.63, 3.8) is 0 Å². The topological polar surface area (TPSA) is 57.0 Å². The lowest BCUT2D eigenvalue weighted by atomic mass is 10.1. The summed E-state index contributed by atoms with van der Waals surface area (Å²) in [4.78, 5) is 6.97. The van der Waals surface area contributed by atoms with Gasteiger partial charge in [-0.05, 0) is 44.4 Å². The fourth-order valence-corrected chi connectivity index (χ4v) is 4.08. The van der Waals surface area contributed by atoms with Gasteiger partial charge in [-0.2, -0.15) is 0 Å². The molecule has 3 aromatic rings. The Hall–Kier alpha value is -2.80. The second-order valence-electron chi connectivity index (χ2n) is 8.53. The lowest BCUT2D eigenvalue weighted by Gasteiger charge is -2.17. The van der Waals surface area contributed by atoms with Crippen molar-refractivity contribution in [2.45, 2.75) is 45.7 Å². The first-order valence-electron chi connectivity index (χ1n) is 11.8. The second kappa shape index (κ2) is 10.9. The maximum Gasteiger partial charge on any atom is 0.163 e. The number of benzene rings is 1. The Morgan fingerprint density at radius 2 is 1.91 bits per heavy atom. The minimum absolute atomic E-state index is 0.520. The first-order valence-corrected chi connectivity index (χ1v) is 11.8. The van der Waals surface area contributed by atoms with Crippen LogP contribution in [0.4, 0.5) is 4.39 Å². The standard InChI is InChI=1S/C26H33FN2O4/c1-4-5-12-31-24-16-22(23-8-7-18(2)33-23)28-21-15-26(25(30-3)14-20(21)24)32-13-6-10-29-11-9-19(27)17-29/h7-8,14-16,19H,4-6,9-13,17H2,1-3H3. The molecule has 1 fully saturated rings. The average molecular weight is 457 g/mol. The van der Waals surface area contributed by atoms with Crippen molar-refractivity contribution in [1.82, 2.24) is 9.88 Å². The molecule has 0 radical (unpaired) electrons. The van der Waals surface area contributed by atoms with Crippen molar-refractivity contribution in [3.8, 4) is 28.7 Å². The fraction of sp³-hybridized carbons (Fsp3) is 0.500. The molecule has 0 saturated carbocycles. The number of ether oxygens (including phenoxy) is 3. The maximum absolute atomic E-state index is 13.4. The van der Waals surface area contributed by atoms with Gasteiger partial charge in [-0.25, -0.2) is 9.37 Å². The van der Waals surface area contributed by atoms with Gasteiger partial charge in [0.1, 0.15) is 23.4 Å². The molecule has 0 bridgehead atoms. The number of methoxy groups -OCH3 is 1. The molecule has 1 unspecified atom stereocenters.